The fourth-order valence-electron chi connectivity index (χ4n) is 1.41. The Morgan fingerprint density at radius 1 is 1.31 bits per heavy atom. The quantitative estimate of drug-likeness (QED) is 0.726. The van der Waals surface area contributed by atoms with Gasteiger partial charge in [-0.2, -0.15) is 0 Å². The van der Waals surface area contributed by atoms with E-state index in [2.05, 4.69) is 10.3 Å². The monoisotopic (exact) mass is 228 g/mol. The smallest absolute Gasteiger partial charge is 0.260 e. The van der Waals surface area contributed by atoms with Crippen molar-refractivity contribution < 1.29 is 8.78 Å². The number of rotatable bonds is 7. The van der Waals surface area contributed by atoms with Gasteiger partial charge in [-0.3, -0.25) is 4.98 Å². The van der Waals surface area contributed by atoms with Crippen molar-refractivity contribution in [1.82, 2.24) is 10.3 Å². The Kier molecular flexibility index (Phi) is 5.32. The van der Waals surface area contributed by atoms with Gasteiger partial charge in [-0.05, 0) is 37.1 Å². The van der Waals surface area contributed by atoms with Crippen molar-refractivity contribution in [1.29, 1.82) is 0 Å². The standard InChI is InChI=1S/C12H18F2N2/c1-2-7-16-10-12(13,14)6-3-11-4-8-15-9-5-11/h4-5,8-9,16H,2-3,6-7,10H2,1H3. The minimum absolute atomic E-state index is 0.117. The Hall–Kier alpha value is -1.03. The van der Waals surface area contributed by atoms with E-state index in [4.69, 9.17) is 0 Å². The summed E-state index contributed by atoms with van der Waals surface area (Å²) in [4.78, 5) is 3.85. The summed E-state index contributed by atoms with van der Waals surface area (Å²) < 4.78 is 26.7. The normalized spacial score (nSPS) is 11.7. The minimum atomic E-state index is -2.63. The van der Waals surface area contributed by atoms with Crippen molar-refractivity contribution in [3.8, 4) is 0 Å². The number of nitrogens with one attached hydrogen (secondary N) is 1. The van der Waals surface area contributed by atoms with Crippen LogP contribution in [0.4, 0.5) is 8.78 Å². The number of aromatic nitrogens is 1. The summed E-state index contributed by atoms with van der Waals surface area (Å²) in [5.74, 6) is -2.63. The predicted octanol–water partition coefficient (Wildman–Crippen LogP) is 2.65. The lowest BCUT2D eigenvalue weighted by Crippen LogP contribution is -2.33. The number of aryl methyl sites for hydroxylation is 1. The Labute approximate surface area is 95.1 Å². The molecule has 0 spiro atoms. The molecule has 4 heteroatoms. The van der Waals surface area contributed by atoms with Crippen LogP contribution in [0.3, 0.4) is 0 Å². The van der Waals surface area contributed by atoms with Crippen LogP contribution in [-0.4, -0.2) is 24.0 Å². The van der Waals surface area contributed by atoms with Gasteiger partial charge in [0.15, 0.2) is 0 Å². The van der Waals surface area contributed by atoms with E-state index >= 15 is 0 Å². The van der Waals surface area contributed by atoms with E-state index in [9.17, 15) is 8.78 Å². The Balaban J connectivity index is 2.30. The van der Waals surface area contributed by atoms with Crippen LogP contribution < -0.4 is 5.32 Å². The average molecular weight is 228 g/mol. The number of hydrogen-bond donors (Lipinski definition) is 1. The second-order valence-electron chi connectivity index (χ2n) is 3.89. The molecule has 0 aliphatic carbocycles. The number of halogens is 2. The summed E-state index contributed by atoms with van der Waals surface area (Å²) in [6.07, 6.45) is 4.41. The molecule has 0 aliphatic heterocycles. The fourth-order valence-corrected chi connectivity index (χ4v) is 1.41. The lowest BCUT2D eigenvalue weighted by Gasteiger charge is -2.16. The highest BCUT2D eigenvalue weighted by Gasteiger charge is 2.27. The van der Waals surface area contributed by atoms with Crippen LogP contribution in [0.5, 0.6) is 0 Å². The van der Waals surface area contributed by atoms with Gasteiger partial charge in [-0.25, -0.2) is 8.78 Å². The maximum absolute atomic E-state index is 13.4. The van der Waals surface area contributed by atoms with Gasteiger partial charge in [-0.1, -0.05) is 6.92 Å². The highest BCUT2D eigenvalue weighted by molar-refractivity contribution is 5.09. The molecule has 0 unspecified atom stereocenters. The molecule has 0 fully saturated rings. The summed E-state index contributed by atoms with van der Waals surface area (Å²) in [5.41, 5.74) is 0.908. The number of pyridine rings is 1. The Morgan fingerprint density at radius 2 is 2.00 bits per heavy atom. The van der Waals surface area contributed by atoms with E-state index in [1.54, 1.807) is 24.5 Å². The molecular formula is C12H18F2N2. The van der Waals surface area contributed by atoms with Gasteiger partial charge >= 0.3 is 0 Å². The highest BCUT2D eigenvalue weighted by Crippen LogP contribution is 2.19. The molecule has 0 bridgehead atoms. The molecule has 1 aromatic rings. The zero-order chi connectivity index (χ0) is 11.9. The first-order chi connectivity index (χ1) is 7.64. The maximum Gasteiger partial charge on any atom is 0.260 e. The van der Waals surface area contributed by atoms with Gasteiger partial charge in [0.25, 0.3) is 5.92 Å². The molecule has 2 nitrogen and oxygen atoms in total. The topological polar surface area (TPSA) is 24.9 Å². The van der Waals surface area contributed by atoms with Crippen molar-refractivity contribution in [2.45, 2.75) is 32.1 Å². The largest absolute Gasteiger partial charge is 0.311 e. The molecule has 16 heavy (non-hydrogen) atoms. The Bertz CT molecular complexity index is 288. The molecule has 1 rings (SSSR count). The first-order valence-electron chi connectivity index (χ1n) is 5.61. The molecule has 1 heterocycles. The van der Waals surface area contributed by atoms with Crippen LogP contribution in [0.2, 0.25) is 0 Å². The summed E-state index contributed by atoms with van der Waals surface area (Å²) in [5, 5.41) is 2.75. The molecule has 0 aromatic carbocycles. The van der Waals surface area contributed by atoms with Gasteiger partial charge in [0, 0.05) is 18.8 Å². The van der Waals surface area contributed by atoms with Crippen molar-refractivity contribution in [3.63, 3.8) is 0 Å². The van der Waals surface area contributed by atoms with E-state index in [1.165, 1.54) is 0 Å². The molecule has 1 N–H and O–H groups in total. The molecule has 1 aromatic heterocycles. The van der Waals surface area contributed by atoms with Crippen LogP contribution in [0.1, 0.15) is 25.3 Å². The van der Waals surface area contributed by atoms with Gasteiger partial charge in [-0.15, -0.1) is 0 Å². The Morgan fingerprint density at radius 3 is 2.62 bits per heavy atom. The fraction of sp³-hybridized carbons (Fsp3) is 0.583. The lowest BCUT2D eigenvalue weighted by molar-refractivity contribution is -0.00586. The molecule has 0 aliphatic rings. The first-order valence-corrected chi connectivity index (χ1v) is 5.61. The second-order valence-corrected chi connectivity index (χ2v) is 3.89. The number of hydrogen-bond acceptors (Lipinski definition) is 2. The van der Waals surface area contributed by atoms with E-state index in [1.807, 2.05) is 6.92 Å². The van der Waals surface area contributed by atoms with Gasteiger partial charge in [0.1, 0.15) is 0 Å². The molecule has 0 saturated carbocycles. The van der Waals surface area contributed by atoms with Crippen molar-refractivity contribution in [2.75, 3.05) is 13.1 Å². The van der Waals surface area contributed by atoms with E-state index in [0.29, 0.717) is 13.0 Å². The maximum atomic E-state index is 13.4. The van der Waals surface area contributed by atoms with Crippen molar-refractivity contribution >= 4 is 0 Å². The van der Waals surface area contributed by atoms with E-state index in [0.717, 1.165) is 12.0 Å². The van der Waals surface area contributed by atoms with Crippen LogP contribution in [0, 0.1) is 0 Å². The third-order valence-electron chi connectivity index (χ3n) is 2.34. The van der Waals surface area contributed by atoms with Crippen LogP contribution in [-0.2, 0) is 6.42 Å². The van der Waals surface area contributed by atoms with Crippen LogP contribution in [0.15, 0.2) is 24.5 Å². The van der Waals surface area contributed by atoms with Gasteiger partial charge in [0.05, 0.1) is 6.54 Å². The third kappa shape index (κ3) is 5.16. The molecule has 0 radical (unpaired) electrons. The van der Waals surface area contributed by atoms with E-state index in [-0.39, 0.29) is 13.0 Å². The minimum Gasteiger partial charge on any atom is -0.311 e. The molecule has 0 atom stereocenters. The third-order valence-corrected chi connectivity index (χ3v) is 2.34. The van der Waals surface area contributed by atoms with Crippen LogP contribution >= 0.6 is 0 Å². The number of nitrogens with zero attached hydrogens (tertiary/aromatic N) is 1. The number of alkyl halides is 2. The molecule has 0 amide bonds. The van der Waals surface area contributed by atoms with Crippen molar-refractivity contribution in [2.24, 2.45) is 0 Å². The first kappa shape index (κ1) is 13.0. The van der Waals surface area contributed by atoms with Crippen LogP contribution in [0.25, 0.3) is 0 Å². The molecule has 0 saturated heterocycles. The summed E-state index contributed by atoms with van der Waals surface area (Å²) in [6.45, 7) is 2.37. The summed E-state index contributed by atoms with van der Waals surface area (Å²) >= 11 is 0. The lowest BCUT2D eigenvalue weighted by atomic mass is 10.1. The molecular weight excluding hydrogens is 210 g/mol. The van der Waals surface area contributed by atoms with Crippen molar-refractivity contribution in [3.05, 3.63) is 30.1 Å². The second kappa shape index (κ2) is 6.53. The zero-order valence-corrected chi connectivity index (χ0v) is 9.55. The SMILES string of the molecule is CCCNCC(F)(F)CCc1ccncc1. The summed E-state index contributed by atoms with van der Waals surface area (Å²) in [6, 6.07) is 3.55. The average Bonchev–Trinajstić information content (AvgIpc) is 2.28. The van der Waals surface area contributed by atoms with Gasteiger partial charge in [0.2, 0.25) is 0 Å². The van der Waals surface area contributed by atoms with Gasteiger partial charge < -0.3 is 5.32 Å². The zero-order valence-electron chi connectivity index (χ0n) is 9.55. The van der Waals surface area contributed by atoms with E-state index < -0.39 is 5.92 Å². The summed E-state index contributed by atoms with van der Waals surface area (Å²) in [7, 11) is 0. The molecule has 90 valence electrons. The highest BCUT2D eigenvalue weighted by atomic mass is 19.3. The predicted molar refractivity (Wildman–Crippen MR) is 60.7 cm³/mol.